The molecule has 0 saturated heterocycles. The van der Waals surface area contributed by atoms with Crippen molar-refractivity contribution in [3.8, 4) is 0 Å². The van der Waals surface area contributed by atoms with Gasteiger partial charge >= 0.3 is 0 Å². The highest BCUT2D eigenvalue weighted by Crippen LogP contribution is 2.17. The first kappa shape index (κ1) is 13.7. The lowest BCUT2D eigenvalue weighted by atomic mass is 10.2. The fraction of sp³-hybridized carbons (Fsp3) is 0.692. The maximum absolute atomic E-state index is 5.51. The molecule has 0 fully saturated rings. The predicted octanol–water partition coefficient (Wildman–Crippen LogP) is 3.61. The number of thiophene rings is 1. The van der Waals surface area contributed by atoms with Gasteiger partial charge in [-0.2, -0.15) is 0 Å². The summed E-state index contributed by atoms with van der Waals surface area (Å²) in [5.74, 6) is 0. The first-order valence-electron chi connectivity index (χ1n) is 6.19. The van der Waals surface area contributed by atoms with Crippen molar-refractivity contribution < 1.29 is 4.74 Å². The summed E-state index contributed by atoms with van der Waals surface area (Å²) in [5, 5.41) is 5.63. The Morgan fingerprint density at radius 3 is 2.88 bits per heavy atom. The Kier molecular flexibility index (Phi) is 7.47. The van der Waals surface area contributed by atoms with E-state index in [1.54, 1.807) is 0 Å². The molecule has 0 bridgehead atoms. The minimum Gasteiger partial charge on any atom is -0.381 e. The number of hydrogen-bond donors (Lipinski definition) is 1. The van der Waals surface area contributed by atoms with Crippen molar-refractivity contribution in [2.24, 2.45) is 0 Å². The molecule has 1 aromatic rings. The van der Waals surface area contributed by atoms with Crippen LogP contribution in [-0.4, -0.2) is 19.8 Å². The SMILES string of the molecule is CCCCOCCCNC(C)c1cccs1. The zero-order valence-corrected chi connectivity index (χ0v) is 11.2. The van der Waals surface area contributed by atoms with Gasteiger partial charge in [-0.25, -0.2) is 0 Å². The van der Waals surface area contributed by atoms with E-state index in [0.29, 0.717) is 6.04 Å². The molecule has 1 heterocycles. The molecular weight excluding hydrogens is 218 g/mol. The number of rotatable bonds is 9. The van der Waals surface area contributed by atoms with Crippen molar-refractivity contribution in [3.63, 3.8) is 0 Å². The van der Waals surface area contributed by atoms with E-state index in [2.05, 4.69) is 36.7 Å². The van der Waals surface area contributed by atoms with E-state index in [-0.39, 0.29) is 0 Å². The largest absolute Gasteiger partial charge is 0.381 e. The van der Waals surface area contributed by atoms with Crippen molar-refractivity contribution in [3.05, 3.63) is 22.4 Å². The third-order valence-electron chi connectivity index (χ3n) is 2.53. The van der Waals surface area contributed by atoms with Gasteiger partial charge < -0.3 is 10.1 Å². The van der Waals surface area contributed by atoms with Gasteiger partial charge in [-0.05, 0) is 37.8 Å². The number of nitrogens with one attached hydrogen (secondary N) is 1. The quantitative estimate of drug-likeness (QED) is 0.667. The van der Waals surface area contributed by atoms with Gasteiger partial charge in [0, 0.05) is 24.1 Å². The van der Waals surface area contributed by atoms with E-state index in [0.717, 1.165) is 26.2 Å². The molecule has 0 radical (unpaired) electrons. The Bertz CT molecular complexity index is 248. The lowest BCUT2D eigenvalue weighted by Crippen LogP contribution is -2.20. The lowest BCUT2D eigenvalue weighted by Gasteiger charge is -2.11. The van der Waals surface area contributed by atoms with E-state index >= 15 is 0 Å². The molecule has 1 N–H and O–H groups in total. The van der Waals surface area contributed by atoms with Gasteiger partial charge in [-0.1, -0.05) is 19.4 Å². The van der Waals surface area contributed by atoms with Crippen LogP contribution < -0.4 is 5.32 Å². The van der Waals surface area contributed by atoms with Gasteiger partial charge in [-0.15, -0.1) is 11.3 Å². The summed E-state index contributed by atoms with van der Waals surface area (Å²) < 4.78 is 5.51. The Morgan fingerprint density at radius 1 is 1.38 bits per heavy atom. The lowest BCUT2D eigenvalue weighted by molar-refractivity contribution is 0.128. The maximum Gasteiger partial charge on any atom is 0.0478 e. The van der Waals surface area contributed by atoms with Crippen LogP contribution in [0.15, 0.2) is 17.5 Å². The van der Waals surface area contributed by atoms with Crippen molar-refractivity contribution in [1.29, 1.82) is 0 Å². The van der Waals surface area contributed by atoms with Crippen LogP contribution >= 0.6 is 11.3 Å². The molecule has 1 atom stereocenters. The highest BCUT2D eigenvalue weighted by molar-refractivity contribution is 7.10. The molecule has 92 valence electrons. The van der Waals surface area contributed by atoms with Crippen molar-refractivity contribution in [2.75, 3.05) is 19.8 Å². The van der Waals surface area contributed by atoms with Gasteiger partial charge in [0.15, 0.2) is 0 Å². The molecule has 1 rings (SSSR count). The molecule has 0 aromatic carbocycles. The monoisotopic (exact) mass is 241 g/mol. The molecule has 3 heteroatoms. The standard InChI is InChI=1S/C13H23NOS/c1-3-4-9-15-10-6-8-14-12(2)13-7-5-11-16-13/h5,7,11-12,14H,3-4,6,8-10H2,1-2H3. The summed E-state index contributed by atoms with van der Waals surface area (Å²) in [6, 6.07) is 4.75. The topological polar surface area (TPSA) is 21.3 Å². The third-order valence-corrected chi connectivity index (χ3v) is 3.58. The van der Waals surface area contributed by atoms with E-state index < -0.39 is 0 Å². The van der Waals surface area contributed by atoms with Crippen LogP contribution in [0.2, 0.25) is 0 Å². The van der Waals surface area contributed by atoms with Gasteiger partial charge in [0.05, 0.1) is 0 Å². The average Bonchev–Trinajstić information content (AvgIpc) is 2.81. The van der Waals surface area contributed by atoms with E-state index in [4.69, 9.17) is 4.74 Å². The molecule has 2 nitrogen and oxygen atoms in total. The van der Waals surface area contributed by atoms with Crippen LogP contribution in [0, 0.1) is 0 Å². The molecule has 0 amide bonds. The summed E-state index contributed by atoms with van der Waals surface area (Å²) in [5.41, 5.74) is 0. The van der Waals surface area contributed by atoms with Gasteiger partial charge in [0.25, 0.3) is 0 Å². The van der Waals surface area contributed by atoms with Crippen LogP contribution in [0.5, 0.6) is 0 Å². The van der Waals surface area contributed by atoms with Crippen LogP contribution in [0.1, 0.15) is 44.0 Å². The zero-order chi connectivity index (χ0) is 11.6. The molecule has 0 spiro atoms. The Labute approximate surface area is 103 Å². The Balaban J connectivity index is 1.95. The molecule has 1 aromatic heterocycles. The van der Waals surface area contributed by atoms with E-state index in [1.165, 1.54) is 17.7 Å². The van der Waals surface area contributed by atoms with Crippen LogP contribution in [-0.2, 0) is 4.74 Å². The molecule has 0 aliphatic heterocycles. The summed E-state index contributed by atoms with van der Waals surface area (Å²) in [6.07, 6.45) is 3.49. The molecule has 0 aliphatic rings. The summed E-state index contributed by atoms with van der Waals surface area (Å²) in [4.78, 5) is 1.41. The van der Waals surface area contributed by atoms with Crippen LogP contribution in [0.3, 0.4) is 0 Å². The second kappa shape index (κ2) is 8.74. The van der Waals surface area contributed by atoms with E-state index in [9.17, 15) is 0 Å². The first-order chi connectivity index (χ1) is 7.84. The van der Waals surface area contributed by atoms with Crippen LogP contribution in [0.4, 0.5) is 0 Å². The molecule has 0 aliphatic carbocycles. The van der Waals surface area contributed by atoms with Gasteiger partial charge in [0.1, 0.15) is 0 Å². The van der Waals surface area contributed by atoms with Crippen molar-refractivity contribution in [2.45, 2.75) is 39.2 Å². The first-order valence-corrected chi connectivity index (χ1v) is 7.07. The van der Waals surface area contributed by atoms with Gasteiger partial charge in [0.2, 0.25) is 0 Å². The molecule has 0 saturated carbocycles. The van der Waals surface area contributed by atoms with Crippen molar-refractivity contribution >= 4 is 11.3 Å². The molecule has 1 unspecified atom stereocenters. The minimum atomic E-state index is 0.468. The Hall–Kier alpha value is -0.380. The highest BCUT2D eigenvalue weighted by atomic mass is 32.1. The fourth-order valence-corrected chi connectivity index (χ4v) is 2.24. The normalized spacial score (nSPS) is 12.9. The smallest absolute Gasteiger partial charge is 0.0478 e. The van der Waals surface area contributed by atoms with Crippen LogP contribution in [0.25, 0.3) is 0 Å². The minimum absolute atomic E-state index is 0.468. The number of unbranched alkanes of at least 4 members (excludes halogenated alkanes) is 1. The predicted molar refractivity (Wildman–Crippen MR) is 71.1 cm³/mol. The summed E-state index contributed by atoms with van der Waals surface area (Å²) in [6.45, 7) is 7.23. The zero-order valence-electron chi connectivity index (χ0n) is 10.4. The van der Waals surface area contributed by atoms with Gasteiger partial charge in [-0.3, -0.25) is 0 Å². The number of hydrogen-bond acceptors (Lipinski definition) is 3. The van der Waals surface area contributed by atoms with E-state index in [1.807, 2.05) is 11.3 Å². The molecular formula is C13H23NOS. The average molecular weight is 241 g/mol. The second-order valence-electron chi connectivity index (χ2n) is 4.01. The highest BCUT2D eigenvalue weighted by Gasteiger charge is 2.03. The Morgan fingerprint density at radius 2 is 2.19 bits per heavy atom. The second-order valence-corrected chi connectivity index (χ2v) is 4.99. The summed E-state index contributed by atoms with van der Waals surface area (Å²) in [7, 11) is 0. The third kappa shape index (κ3) is 5.64. The number of ether oxygens (including phenoxy) is 1. The summed E-state index contributed by atoms with van der Waals surface area (Å²) >= 11 is 1.81. The maximum atomic E-state index is 5.51. The molecule has 16 heavy (non-hydrogen) atoms. The fourth-order valence-electron chi connectivity index (χ4n) is 1.48. The van der Waals surface area contributed by atoms with Crippen molar-refractivity contribution in [1.82, 2.24) is 5.32 Å².